The van der Waals surface area contributed by atoms with Crippen LogP contribution < -0.4 is 0 Å². The van der Waals surface area contributed by atoms with Gasteiger partial charge in [0.25, 0.3) is 0 Å². The maximum Gasteiger partial charge on any atom is 0.422 e. The summed E-state index contributed by atoms with van der Waals surface area (Å²) in [6.45, 7) is 1.78. The van der Waals surface area contributed by atoms with E-state index in [9.17, 15) is 9.18 Å². The molecule has 15 heavy (non-hydrogen) atoms. The van der Waals surface area contributed by atoms with Gasteiger partial charge in [0.1, 0.15) is 5.82 Å². The molecule has 0 spiro atoms. The summed E-state index contributed by atoms with van der Waals surface area (Å²) >= 11 is 0. The normalized spacial score (nSPS) is 9.20. The Labute approximate surface area is 85.9 Å². The summed E-state index contributed by atoms with van der Waals surface area (Å²) < 4.78 is 17.5. The molecule has 0 aliphatic carbocycles. The highest BCUT2D eigenvalue weighted by atomic mass is 19.1. The topological polar surface area (TPSA) is 62.7 Å². The van der Waals surface area contributed by atoms with Crippen molar-refractivity contribution in [1.29, 1.82) is 0 Å². The molecular weight excluding hydrogens is 199 g/mol. The highest BCUT2D eigenvalue weighted by molar-refractivity contribution is 6.40. The molecule has 0 amide bonds. The van der Waals surface area contributed by atoms with Gasteiger partial charge < -0.3 is 10.3 Å². The monoisotopic (exact) mass is 208 g/mol. The Kier molecular flexibility index (Phi) is 3.71. The second kappa shape index (κ2) is 5.02. The average Bonchev–Trinajstić information content (AvgIpc) is 2.19. The van der Waals surface area contributed by atoms with Gasteiger partial charge in [0, 0.05) is 0 Å². The van der Waals surface area contributed by atoms with Crippen molar-refractivity contribution in [3.63, 3.8) is 0 Å². The van der Waals surface area contributed by atoms with Gasteiger partial charge in [0.15, 0.2) is 0 Å². The third-order valence-corrected chi connectivity index (χ3v) is 1.67. The van der Waals surface area contributed by atoms with Gasteiger partial charge in [-0.25, -0.2) is 9.18 Å². The van der Waals surface area contributed by atoms with Crippen LogP contribution in [0.15, 0.2) is 24.3 Å². The Morgan fingerprint density at radius 3 is 2.87 bits per heavy atom. The lowest BCUT2D eigenvalue weighted by molar-refractivity contribution is -0.139. The van der Waals surface area contributed by atoms with E-state index in [2.05, 4.69) is 9.53 Å². The number of halogens is 1. The second-order valence-electron chi connectivity index (χ2n) is 2.68. The van der Waals surface area contributed by atoms with Crippen molar-refractivity contribution >= 4 is 11.7 Å². The van der Waals surface area contributed by atoms with Crippen LogP contribution in [0.2, 0.25) is 0 Å². The lowest BCUT2D eigenvalue weighted by atomic mass is 10.1. The fourth-order valence-electron chi connectivity index (χ4n) is 1.05. The van der Waals surface area contributed by atoms with E-state index in [1.165, 1.54) is 18.2 Å². The van der Waals surface area contributed by atoms with Gasteiger partial charge in [-0.05, 0) is 25.1 Å². The maximum absolute atomic E-state index is 12.8. The Hall–Kier alpha value is -2.00. The fraction of sp³-hybridized carbons (Fsp3) is 0.200. The maximum atomic E-state index is 12.8. The zero-order chi connectivity index (χ0) is 11.3. The van der Waals surface area contributed by atoms with Crippen molar-refractivity contribution < 1.29 is 18.7 Å². The summed E-state index contributed by atoms with van der Waals surface area (Å²) in [5.74, 6) is -1.30. The summed E-state index contributed by atoms with van der Waals surface area (Å²) in [4.78, 5) is 14.0. The van der Waals surface area contributed by atoms with Gasteiger partial charge in [-0.2, -0.15) is 4.79 Å². The summed E-state index contributed by atoms with van der Waals surface area (Å²) in [7, 11) is 0. The standard InChI is InChI=1S/C10H9FN2O2/c1-2-15-10(14)9(13-12)7-4-3-5-8(11)6-7/h3-6H,2H2,1H3. The van der Waals surface area contributed by atoms with Gasteiger partial charge in [-0.15, -0.1) is 0 Å². The molecule has 0 aliphatic rings. The van der Waals surface area contributed by atoms with Crippen molar-refractivity contribution in [1.82, 2.24) is 0 Å². The Morgan fingerprint density at radius 1 is 1.60 bits per heavy atom. The minimum Gasteiger partial charge on any atom is -0.457 e. The largest absolute Gasteiger partial charge is 0.457 e. The quantitative estimate of drug-likeness (QED) is 0.326. The summed E-state index contributed by atoms with van der Waals surface area (Å²) in [6, 6.07) is 5.18. The van der Waals surface area contributed by atoms with Crippen LogP contribution >= 0.6 is 0 Å². The number of carbonyl (C=O) groups is 1. The molecule has 4 nitrogen and oxygen atoms in total. The van der Waals surface area contributed by atoms with E-state index in [4.69, 9.17) is 5.53 Å². The van der Waals surface area contributed by atoms with Crippen LogP contribution in [0.5, 0.6) is 0 Å². The average molecular weight is 208 g/mol. The molecule has 0 saturated carbocycles. The number of nitrogens with zero attached hydrogens (tertiary/aromatic N) is 2. The molecule has 1 rings (SSSR count). The first kappa shape index (κ1) is 11.1. The van der Waals surface area contributed by atoms with E-state index in [0.717, 1.165) is 6.07 Å². The third-order valence-electron chi connectivity index (χ3n) is 1.67. The first-order chi connectivity index (χ1) is 7.19. The minimum absolute atomic E-state index is 0.160. The van der Waals surface area contributed by atoms with Crippen LogP contribution in [0.25, 0.3) is 5.53 Å². The second-order valence-corrected chi connectivity index (χ2v) is 2.68. The van der Waals surface area contributed by atoms with Crippen LogP contribution in [-0.2, 0) is 9.53 Å². The minimum atomic E-state index is -0.786. The highest BCUT2D eigenvalue weighted by Crippen LogP contribution is 2.04. The Morgan fingerprint density at radius 2 is 2.33 bits per heavy atom. The van der Waals surface area contributed by atoms with Crippen LogP contribution in [-0.4, -0.2) is 23.1 Å². The van der Waals surface area contributed by atoms with E-state index in [0.29, 0.717) is 0 Å². The van der Waals surface area contributed by atoms with Gasteiger partial charge >= 0.3 is 11.7 Å². The Bertz CT molecular complexity index is 425. The molecule has 5 heteroatoms. The van der Waals surface area contributed by atoms with Crippen LogP contribution in [0.4, 0.5) is 4.39 Å². The number of hydrogen-bond acceptors (Lipinski definition) is 2. The molecule has 0 unspecified atom stereocenters. The number of carbonyl (C=O) groups excluding carboxylic acids is 1. The molecule has 0 aliphatic heterocycles. The van der Waals surface area contributed by atoms with Crippen molar-refractivity contribution in [2.75, 3.05) is 6.61 Å². The molecule has 0 bridgehead atoms. The first-order valence-electron chi connectivity index (χ1n) is 4.34. The number of ether oxygens (including phenoxy) is 1. The predicted molar refractivity (Wildman–Crippen MR) is 50.8 cm³/mol. The lowest BCUT2D eigenvalue weighted by Crippen LogP contribution is -2.19. The molecule has 1 aromatic rings. The Balaban J connectivity index is 3.04. The summed E-state index contributed by atoms with van der Waals surface area (Å²) in [6.07, 6.45) is 0. The molecule has 0 radical (unpaired) electrons. The van der Waals surface area contributed by atoms with Crippen LogP contribution in [0, 0.1) is 5.82 Å². The van der Waals surface area contributed by atoms with Crippen molar-refractivity contribution in [3.8, 4) is 0 Å². The molecule has 78 valence electrons. The van der Waals surface area contributed by atoms with Gasteiger partial charge in [0.05, 0.1) is 12.2 Å². The smallest absolute Gasteiger partial charge is 0.422 e. The molecule has 0 aromatic heterocycles. The highest BCUT2D eigenvalue weighted by Gasteiger charge is 2.24. The van der Waals surface area contributed by atoms with Crippen molar-refractivity contribution in [3.05, 3.63) is 41.2 Å². The molecule has 0 heterocycles. The van der Waals surface area contributed by atoms with E-state index in [1.807, 2.05) is 0 Å². The predicted octanol–water partition coefficient (Wildman–Crippen LogP) is 1.41. The number of rotatable bonds is 3. The molecule has 0 N–H and O–H groups in total. The zero-order valence-corrected chi connectivity index (χ0v) is 8.11. The van der Waals surface area contributed by atoms with Crippen LogP contribution in [0.3, 0.4) is 0 Å². The van der Waals surface area contributed by atoms with Gasteiger partial charge in [0.2, 0.25) is 0 Å². The van der Waals surface area contributed by atoms with E-state index in [-0.39, 0.29) is 17.9 Å². The number of esters is 1. The number of hydrogen-bond donors (Lipinski definition) is 0. The fourth-order valence-corrected chi connectivity index (χ4v) is 1.05. The van der Waals surface area contributed by atoms with Gasteiger partial charge in [-0.3, -0.25) is 0 Å². The molecule has 1 aromatic carbocycles. The molecule has 0 atom stereocenters. The summed E-state index contributed by atoms with van der Waals surface area (Å²) in [5.41, 5.74) is 8.50. The number of benzene rings is 1. The first-order valence-corrected chi connectivity index (χ1v) is 4.34. The van der Waals surface area contributed by atoms with Gasteiger partial charge in [-0.1, -0.05) is 6.07 Å². The molecular formula is C10H9FN2O2. The van der Waals surface area contributed by atoms with Crippen LogP contribution in [0.1, 0.15) is 12.5 Å². The van der Waals surface area contributed by atoms with Crippen molar-refractivity contribution in [2.45, 2.75) is 6.92 Å². The SMILES string of the molecule is CCOC(=O)C(=[N+]=[N-])c1cccc(F)c1. The molecule has 0 saturated heterocycles. The van der Waals surface area contributed by atoms with E-state index >= 15 is 0 Å². The third kappa shape index (κ3) is 2.72. The zero-order valence-electron chi connectivity index (χ0n) is 8.11. The summed E-state index contributed by atoms with van der Waals surface area (Å²) in [5, 5.41) is 0. The van der Waals surface area contributed by atoms with E-state index < -0.39 is 11.8 Å². The lowest BCUT2D eigenvalue weighted by Gasteiger charge is -1.97. The molecule has 0 fully saturated rings. The van der Waals surface area contributed by atoms with E-state index in [1.54, 1.807) is 6.92 Å². The van der Waals surface area contributed by atoms with Crippen molar-refractivity contribution in [2.24, 2.45) is 0 Å².